The molecule has 0 saturated heterocycles. The van der Waals surface area contributed by atoms with Gasteiger partial charge in [0.25, 0.3) is 0 Å². The van der Waals surface area contributed by atoms with Gasteiger partial charge in [-0.1, -0.05) is 46.0 Å². The fourth-order valence-corrected chi connectivity index (χ4v) is 4.09. The molecule has 2 rings (SSSR count). The first kappa shape index (κ1) is 11.4. The maximum Gasteiger partial charge on any atom is 0.0703 e. The van der Waals surface area contributed by atoms with Gasteiger partial charge in [-0.05, 0) is 37.0 Å². The Bertz CT molecular complexity index is 213. The molecular formula is C14H26O. The van der Waals surface area contributed by atoms with Crippen LogP contribution in [-0.2, 0) is 0 Å². The Morgan fingerprint density at radius 3 is 2.47 bits per heavy atom. The fourth-order valence-electron chi connectivity index (χ4n) is 4.09. The lowest BCUT2D eigenvalue weighted by Gasteiger charge is -2.43. The van der Waals surface area contributed by atoms with Gasteiger partial charge in [0.1, 0.15) is 0 Å². The van der Waals surface area contributed by atoms with Crippen LogP contribution < -0.4 is 0 Å². The van der Waals surface area contributed by atoms with E-state index in [0.29, 0.717) is 11.8 Å². The summed E-state index contributed by atoms with van der Waals surface area (Å²) < 4.78 is 0. The molecule has 2 aliphatic rings. The summed E-state index contributed by atoms with van der Waals surface area (Å²) in [7, 11) is 0. The van der Waals surface area contributed by atoms with E-state index in [1.54, 1.807) is 0 Å². The van der Waals surface area contributed by atoms with Gasteiger partial charge < -0.3 is 5.11 Å². The second-order valence-corrected chi connectivity index (χ2v) is 5.84. The van der Waals surface area contributed by atoms with Crippen molar-refractivity contribution in [2.24, 2.45) is 17.8 Å². The molecule has 0 heterocycles. The van der Waals surface area contributed by atoms with Crippen molar-refractivity contribution in [3.63, 3.8) is 0 Å². The summed E-state index contributed by atoms with van der Waals surface area (Å²) in [5.41, 5.74) is -0.304. The van der Waals surface area contributed by atoms with Gasteiger partial charge in [0.15, 0.2) is 0 Å². The minimum atomic E-state index is -0.304. The lowest BCUT2D eigenvalue weighted by atomic mass is 9.66. The summed E-state index contributed by atoms with van der Waals surface area (Å²) in [6.07, 6.45) is 10.2. The minimum absolute atomic E-state index is 0.304. The predicted molar refractivity (Wildman–Crippen MR) is 63.7 cm³/mol. The van der Waals surface area contributed by atoms with E-state index in [1.165, 1.54) is 44.9 Å². The second kappa shape index (κ2) is 4.45. The van der Waals surface area contributed by atoms with Crippen molar-refractivity contribution in [3.8, 4) is 0 Å². The third-order valence-electron chi connectivity index (χ3n) is 5.14. The van der Waals surface area contributed by atoms with Gasteiger partial charge in [-0.15, -0.1) is 0 Å². The smallest absolute Gasteiger partial charge is 0.0703 e. The monoisotopic (exact) mass is 210 g/mol. The molecule has 15 heavy (non-hydrogen) atoms. The van der Waals surface area contributed by atoms with Crippen LogP contribution in [0, 0.1) is 17.8 Å². The number of aliphatic hydroxyl groups is 1. The van der Waals surface area contributed by atoms with Crippen molar-refractivity contribution in [2.75, 3.05) is 0 Å². The molecule has 1 heteroatoms. The average molecular weight is 210 g/mol. The molecule has 0 radical (unpaired) electrons. The summed E-state index contributed by atoms with van der Waals surface area (Å²) in [5.74, 6) is 1.94. The van der Waals surface area contributed by atoms with E-state index in [0.717, 1.165) is 12.3 Å². The van der Waals surface area contributed by atoms with Crippen molar-refractivity contribution in [3.05, 3.63) is 0 Å². The normalized spacial score (nSPS) is 47.0. The molecule has 88 valence electrons. The molecule has 0 aliphatic heterocycles. The highest BCUT2D eigenvalue weighted by atomic mass is 16.3. The van der Waals surface area contributed by atoms with Crippen molar-refractivity contribution in [2.45, 2.75) is 70.8 Å². The van der Waals surface area contributed by atoms with E-state index >= 15 is 0 Å². The first-order valence-electron chi connectivity index (χ1n) is 6.91. The highest BCUT2D eigenvalue weighted by Crippen LogP contribution is 2.49. The highest BCUT2D eigenvalue weighted by molar-refractivity contribution is 4.98. The summed E-state index contributed by atoms with van der Waals surface area (Å²) in [4.78, 5) is 0. The topological polar surface area (TPSA) is 20.2 Å². The Hall–Kier alpha value is -0.0400. The Labute approximate surface area is 94.3 Å². The standard InChI is InChI=1S/C14H26O/c1-3-12-8-4-5-9-13(12)14(15)10-6-7-11(14)2/h11-13,15H,3-10H2,1-2H3. The molecule has 4 unspecified atom stereocenters. The highest BCUT2D eigenvalue weighted by Gasteiger charge is 2.47. The van der Waals surface area contributed by atoms with E-state index in [4.69, 9.17) is 0 Å². The summed E-state index contributed by atoms with van der Waals surface area (Å²) >= 11 is 0. The van der Waals surface area contributed by atoms with Crippen LogP contribution in [0.3, 0.4) is 0 Å². The minimum Gasteiger partial charge on any atom is -0.389 e. The van der Waals surface area contributed by atoms with Gasteiger partial charge in [0.05, 0.1) is 5.60 Å². The van der Waals surface area contributed by atoms with Gasteiger partial charge in [0, 0.05) is 0 Å². The Balaban J connectivity index is 2.12. The molecule has 4 atom stereocenters. The van der Waals surface area contributed by atoms with Crippen LogP contribution in [0.2, 0.25) is 0 Å². The fraction of sp³-hybridized carbons (Fsp3) is 1.00. The third kappa shape index (κ3) is 1.95. The maximum absolute atomic E-state index is 10.9. The SMILES string of the molecule is CCC1CCCCC1C1(O)CCCC1C. The van der Waals surface area contributed by atoms with Crippen molar-refractivity contribution >= 4 is 0 Å². The molecule has 2 aliphatic carbocycles. The van der Waals surface area contributed by atoms with Crippen molar-refractivity contribution in [1.29, 1.82) is 0 Å². The third-order valence-corrected chi connectivity index (χ3v) is 5.14. The summed E-state index contributed by atoms with van der Waals surface area (Å²) in [6, 6.07) is 0. The van der Waals surface area contributed by atoms with Crippen LogP contribution in [0.4, 0.5) is 0 Å². The largest absolute Gasteiger partial charge is 0.389 e. The first-order valence-corrected chi connectivity index (χ1v) is 6.91. The number of hydrogen-bond donors (Lipinski definition) is 1. The van der Waals surface area contributed by atoms with E-state index in [9.17, 15) is 5.11 Å². The zero-order valence-corrected chi connectivity index (χ0v) is 10.3. The quantitative estimate of drug-likeness (QED) is 0.736. The molecule has 0 amide bonds. The summed E-state index contributed by atoms with van der Waals surface area (Å²) in [6.45, 7) is 4.56. The molecule has 0 aromatic carbocycles. The van der Waals surface area contributed by atoms with Crippen LogP contribution >= 0.6 is 0 Å². The van der Waals surface area contributed by atoms with Gasteiger partial charge in [-0.2, -0.15) is 0 Å². The molecule has 1 N–H and O–H groups in total. The van der Waals surface area contributed by atoms with Crippen LogP contribution in [0.5, 0.6) is 0 Å². The van der Waals surface area contributed by atoms with Gasteiger partial charge in [-0.25, -0.2) is 0 Å². The van der Waals surface area contributed by atoms with Crippen LogP contribution in [0.1, 0.15) is 65.2 Å². The van der Waals surface area contributed by atoms with Gasteiger partial charge in [-0.3, -0.25) is 0 Å². The van der Waals surface area contributed by atoms with Gasteiger partial charge >= 0.3 is 0 Å². The molecule has 0 spiro atoms. The predicted octanol–water partition coefficient (Wildman–Crippen LogP) is 3.75. The molecule has 2 fully saturated rings. The molecule has 0 bridgehead atoms. The lowest BCUT2D eigenvalue weighted by Crippen LogP contribution is -2.45. The van der Waals surface area contributed by atoms with Gasteiger partial charge in [0.2, 0.25) is 0 Å². The van der Waals surface area contributed by atoms with E-state index < -0.39 is 0 Å². The first-order chi connectivity index (χ1) is 7.18. The number of hydrogen-bond acceptors (Lipinski definition) is 1. The molecule has 1 nitrogen and oxygen atoms in total. The summed E-state index contributed by atoms with van der Waals surface area (Å²) in [5, 5.41) is 10.9. The number of rotatable bonds is 2. The van der Waals surface area contributed by atoms with Crippen molar-refractivity contribution < 1.29 is 5.11 Å². The molecule has 2 saturated carbocycles. The second-order valence-electron chi connectivity index (χ2n) is 5.84. The zero-order chi connectivity index (χ0) is 10.9. The van der Waals surface area contributed by atoms with E-state index in [2.05, 4.69) is 13.8 Å². The zero-order valence-electron chi connectivity index (χ0n) is 10.3. The van der Waals surface area contributed by atoms with E-state index in [1.807, 2.05) is 0 Å². The Kier molecular flexibility index (Phi) is 3.39. The molecule has 0 aromatic heterocycles. The van der Waals surface area contributed by atoms with Crippen LogP contribution in [-0.4, -0.2) is 10.7 Å². The van der Waals surface area contributed by atoms with Crippen LogP contribution in [0.15, 0.2) is 0 Å². The lowest BCUT2D eigenvalue weighted by molar-refractivity contribution is -0.0812. The Morgan fingerprint density at radius 2 is 1.87 bits per heavy atom. The van der Waals surface area contributed by atoms with Crippen molar-refractivity contribution in [1.82, 2.24) is 0 Å². The molecule has 0 aromatic rings. The Morgan fingerprint density at radius 1 is 1.13 bits per heavy atom. The molecular weight excluding hydrogens is 184 g/mol. The average Bonchev–Trinajstić information content (AvgIpc) is 2.60. The maximum atomic E-state index is 10.9. The van der Waals surface area contributed by atoms with E-state index in [-0.39, 0.29) is 5.60 Å². The van der Waals surface area contributed by atoms with Crippen LogP contribution in [0.25, 0.3) is 0 Å².